The molecule has 1 aliphatic carbocycles. The number of nitrogens with zero attached hydrogens (tertiary/aromatic N) is 1. The minimum absolute atomic E-state index is 0.0408. The number of aromatic nitrogens is 2. The molecule has 2 aromatic carbocycles. The van der Waals surface area contributed by atoms with E-state index in [1.54, 1.807) is 12.1 Å². The van der Waals surface area contributed by atoms with E-state index in [1.165, 1.54) is 5.56 Å². The lowest BCUT2D eigenvalue weighted by molar-refractivity contribution is 0.255. The van der Waals surface area contributed by atoms with Crippen molar-refractivity contribution in [2.24, 2.45) is 0 Å². The molecule has 4 aromatic rings. The van der Waals surface area contributed by atoms with E-state index in [4.69, 9.17) is 9.72 Å². The Labute approximate surface area is 187 Å². The highest BCUT2D eigenvalue weighted by Crippen LogP contribution is 2.48. The summed E-state index contributed by atoms with van der Waals surface area (Å²) in [6.07, 6.45) is 2.08. The van der Waals surface area contributed by atoms with Gasteiger partial charge in [-0.15, -0.1) is 0 Å². The highest BCUT2D eigenvalue weighted by atomic mass is 31.2. The molecule has 0 unspecified atom stereocenters. The van der Waals surface area contributed by atoms with E-state index in [0.717, 1.165) is 46.3 Å². The van der Waals surface area contributed by atoms with Crippen LogP contribution in [0.3, 0.4) is 0 Å². The molecule has 1 aliphatic rings. The zero-order chi connectivity index (χ0) is 22.5. The number of aryl methyl sites for hydroxylation is 2. The number of H-pyrrole nitrogens is 1. The van der Waals surface area contributed by atoms with Crippen molar-refractivity contribution in [3.8, 4) is 22.9 Å². The zero-order valence-corrected chi connectivity index (χ0v) is 18.9. The first-order valence-corrected chi connectivity index (χ1v) is 11.8. The molecule has 0 atom stereocenters. The van der Waals surface area contributed by atoms with Crippen molar-refractivity contribution in [3.63, 3.8) is 0 Å². The van der Waals surface area contributed by atoms with E-state index in [2.05, 4.69) is 35.3 Å². The van der Waals surface area contributed by atoms with Crippen molar-refractivity contribution in [2.45, 2.75) is 32.1 Å². The standard InChI is InChI=1S/C25H25N2O4P/c1-15-3-8-19(12-22(15)32(29)30)31-23-13-21-20(26-23)11-16(2)24(27-21)17-4-6-18(7-5-17)25(14-28)9-10-25/h3-8,11-13,26,28-30H,9-10,14H2,1-2H3. The molecule has 0 radical (unpaired) electrons. The Bertz CT molecular complexity index is 1290. The van der Waals surface area contributed by atoms with Crippen LogP contribution < -0.4 is 10.0 Å². The van der Waals surface area contributed by atoms with Crippen LogP contribution in [0.4, 0.5) is 0 Å². The van der Waals surface area contributed by atoms with Crippen LogP contribution in [0.1, 0.15) is 29.5 Å². The number of benzene rings is 2. The van der Waals surface area contributed by atoms with E-state index >= 15 is 0 Å². The molecule has 0 spiro atoms. The fourth-order valence-corrected chi connectivity index (χ4v) is 4.78. The Morgan fingerprint density at radius 3 is 2.41 bits per heavy atom. The SMILES string of the molecule is Cc1ccc(Oc2cc3nc(-c4ccc(C5(CO)CC5)cc4)c(C)cc3[nH]2)cc1P(O)O. The van der Waals surface area contributed by atoms with Crippen molar-refractivity contribution in [2.75, 3.05) is 6.61 Å². The van der Waals surface area contributed by atoms with Crippen LogP contribution in [0, 0.1) is 13.8 Å². The van der Waals surface area contributed by atoms with E-state index in [1.807, 2.05) is 26.0 Å². The lowest BCUT2D eigenvalue weighted by atomic mass is 9.95. The molecule has 7 heteroatoms. The quantitative estimate of drug-likeness (QED) is 0.324. The number of nitrogens with one attached hydrogen (secondary N) is 1. The maximum atomic E-state index is 9.67. The summed E-state index contributed by atoms with van der Waals surface area (Å²) in [7, 11) is -2.18. The first-order valence-electron chi connectivity index (χ1n) is 10.6. The number of ether oxygens (including phenoxy) is 1. The van der Waals surface area contributed by atoms with E-state index < -0.39 is 8.38 Å². The second-order valence-electron chi connectivity index (χ2n) is 8.58. The van der Waals surface area contributed by atoms with E-state index in [0.29, 0.717) is 16.9 Å². The molecular weight excluding hydrogens is 423 g/mol. The lowest BCUT2D eigenvalue weighted by Crippen LogP contribution is -2.11. The second kappa shape index (κ2) is 7.98. The highest BCUT2D eigenvalue weighted by Gasteiger charge is 2.43. The summed E-state index contributed by atoms with van der Waals surface area (Å²) in [5.74, 6) is 1.06. The molecule has 2 heterocycles. The van der Waals surface area contributed by atoms with E-state index in [-0.39, 0.29) is 12.0 Å². The fourth-order valence-electron chi connectivity index (χ4n) is 4.14. The number of hydrogen-bond acceptors (Lipinski definition) is 5. The summed E-state index contributed by atoms with van der Waals surface area (Å²) in [5.41, 5.74) is 6.61. The fraction of sp³-hybridized carbons (Fsp3) is 0.240. The molecule has 2 aromatic heterocycles. The number of aromatic amines is 1. The number of rotatable bonds is 6. The predicted molar refractivity (Wildman–Crippen MR) is 127 cm³/mol. The number of hydrogen-bond donors (Lipinski definition) is 4. The number of pyridine rings is 1. The first-order chi connectivity index (χ1) is 15.4. The van der Waals surface area contributed by atoms with Gasteiger partial charge in [0.1, 0.15) is 5.75 Å². The van der Waals surface area contributed by atoms with Crippen molar-refractivity contribution >= 4 is 24.7 Å². The topological polar surface area (TPSA) is 98.6 Å². The second-order valence-corrected chi connectivity index (χ2v) is 9.64. The van der Waals surface area contributed by atoms with Crippen molar-refractivity contribution in [1.29, 1.82) is 0 Å². The molecule has 1 fully saturated rings. The van der Waals surface area contributed by atoms with Gasteiger partial charge >= 0.3 is 0 Å². The zero-order valence-electron chi connectivity index (χ0n) is 18.0. The molecule has 1 saturated carbocycles. The molecule has 0 bridgehead atoms. The summed E-state index contributed by atoms with van der Waals surface area (Å²) in [5, 5.41) is 10.1. The molecule has 6 nitrogen and oxygen atoms in total. The third-order valence-corrected chi connectivity index (χ3v) is 7.23. The lowest BCUT2D eigenvalue weighted by Gasteiger charge is -2.13. The Morgan fingerprint density at radius 2 is 1.75 bits per heavy atom. The van der Waals surface area contributed by atoms with Crippen molar-refractivity contribution in [3.05, 3.63) is 71.3 Å². The normalized spacial score (nSPS) is 14.8. The van der Waals surface area contributed by atoms with Gasteiger partial charge in [0.15, 0.2) is 14.3 Å². The summed E-state index contributed by atoms with van der Waals surface area (Å²) in [4.78, 5) is 27.3. The van der Waals surface area contributed by atoms with Crippen LogP contribution >= 0.6 is 8.38 Å². The van der Waals surface area contributed by atoms with Gasteiger partial charge in [0.2, 0.25) is 0 Å². The molecule has 5 rings (SSSR count). The molecule has 0 saturated heterocycles. The third kappa shape index (κ3) is 3.80. The maximum Gasteiger partial charge on any atom is 0.200 e. The Balaban J connectivity index is 1.44. The van der Waals surface area contributed by atoms with Gasteiger partial charge in [0.05, 0.1) is 23.3 Å². The smallest absolute Gasteiger partial charge is 0.200 e. The predicted octanol–water partition coefficient (Wildman–Crippen LogP) is 4.58. The van der Waals surface area contributed by atoms with Crippen molar-refractivity contribution in [1.82, 2.24) is 9.97 Å². The van der Waals surface area contributed by atoms with Gasteiger partial charge in [-0.3, -0.25) is 0 Å². The van der Waals surface area contributed by atoms with Gasteiger partial charge in [0, 0.05) is 22.3 Å². The van der Waals surface area contributed by atoms with E-state index in [9.17, 15) is 14.9 Å². The Morgan fingerprint density at radius 1 is 1.00 bits per heavy atom. The molecule has 0 aliphatic heterocycles. The summed E-state index contributed by atoms with van der Waals surface area (Å²) in [6, 6.07) is 17.5. The average Bonchev–Trinajstić information content (AvgIpc) is 3.49. The van der Waals surface area contributed by atoms with Gasteiger partial charge in [-0.1, -0.05) is 30.3 Å². The van der Waals surface area contributed by atoms with Crippen LogP contribution in [0.15, 0.2) is 54.6 Å². The van der Waals surface area contributed by atoms with Crippen LogP contribution in [-0.2, 0) is 5.41 Å². The number of aliphatic hydroxyl groups excluding tert-OH is 1. The van der Waals surface area contributed by atoms with Crippen LogP contribution in [0.25, 0.3) is 22.3 Å². The largest absolute Gasteiger partial charge is 0.441 e. The maximum absolute atomic E-state index is 9.67. The van der Waals surface area contributed by atoms with Crippen LogP contribution in [0.2, 0.25) is 0 Å². The molecular formula is C25H25N2O4P. The van der Waals surface area contributed by atoms with Gasteiger partial charge in [-0.2, -0.15) is 0 Å². The van der Waals surface area contributed by atoms with Crippen molar-refractivity contribution < 1.29 is 19.6 Å². The Kier molecular flexibility index (Phi) is 5.26. The molecule has 4 N–H and O–H groups in total. The monoisotopic (exact) mass is 448 g/mol. The van der Waals surface area contributed by atoms with Crippen LogP contribution in [0.5, 0.6) is 11.6 Å². The number of aliphatic hydroxyl groups is 1. The summed E-state index contributed by atoms with van der Waals surface area (Å²) < 4.78 is 5.94. The van der Waals surface area contributed by atoms with Gasteiger partial charge in [0.25, 0.3) is 0 Å². The summed E-state index contributed by atoms with van der Waals surface area (Å²) in [6.45, 7) is 4.06. The van der Waals surface area contributed by atoms with Crippen LogP contribution in [-0.4, -0.2) is 31.5 Å². The summed E-state index contributed by atoms with van der Waals surface area (Å²) >= 11 is 0. The van der Waals surface area contributed by atoms with Gasteiger partial charge in [-0.05, 0) is 61.6 Å². The average molecular weight is 448 g/mol. The Hall–Kier alpha value is -2.76. The molecule has 164 valence electrons. The molecule has 32 heavy (non-hydrogen) atoms. The minimum Gasteiger partial charge on any atom is -0.441 e. The highest BCUT2D eigenvalue weighted by molar-refractivity contribution is 7.54. The van der Waals surface area contributed by atoms with Gasteiger partial charge < -0.3 is 24.6 Å². The third-order valence-electron chi connectivity index (χ3n) is 6.32. The van der Waals surface area contributed by atoms with Gasteiger partial charge in [-0.25, -0.2) is 4.98 Å². The number of fused-ring (bicyclic) bond motifs is 1. The molecule has 0 amide bonds. The minimum atomic E-state index is -2.18. The first kappa shape index (κ1) is 21.1.